The van der Waals surface area contributed by atoms with Gasteiger partial charge in [0.1, 0.15) is 42.4 Å². The number of halogens is 3. The first-order valence-electron chi connectivity index (χ1n) is 17.9. The topological polar surface area (TPSA) is 219 Å². The van der Waals surface area contributed by atoms with E-state index in [1.807, 2.05) is 6.07 Å². The molecule has 3 aromatic rings. The Bertz CT molecular complexity index is 1940. The minimum Gasteiger partial charge on any atom is -0.464 e. The number of para-hydroxylation sites is 1. The molecule has 2 fully saturated rings. The van der Waals surface area contributed by atoms with Crippen LogP contribution >= 0.6 is 7.75 Å². The molecule has 17 nitrogen and oxygen atoms in total. The Morgan fingerprint density at radius 2 is 1.79 bits per heavy atom. The zero-order valence-corrected chi connectivity index (χ0v) is 31.7. The Hall–Kier alpha value is -4.80. The number of carbonyl (C=O) groups is 3. The standard InChI is InChI=1S/C35H43F3N7O10P/c1-4-27(46)52-30-29(25-11-12-26-32(40)41-21-42-45(25)26)54-34(18-39,31(30)53-28(47)5-2)20-51-56(49,55-24-9-7-6-8-10-24)43-22(3)33(48)50-17-23-13-15-44(16-14-23)19-35(36,37)38/h6-12,21-23,29-31H,4-5,13-17,19-20H2,1-3H3,(H,43,49)(H2,40,41,42)/t22-,29-,30-,31-,34+,56?/m0/s1. The van der Waals surface area contributed by atoms with Crippen molar-refractivity contribution >= 4 is 37.0 Å². The number of ether oxygens (including phenoxy) is 4. The van der Waals surface area contributed by atoms with Crippen LogP contribution in [0.3, 0.4) is 0 Å². The van der Waals surface area contributed by atoms with Gasteiger partial charge in [0.15, 0.2) is 18.0 Å². The molecule has 304 valence electrons. The number of alkyl halides is 3. The molecule has 2 aliphatic heterocycles. The number of aromatic nitrogens is 3. The molecular formula is C35H43F3N7O10P. The highest BCUT2D eigenvalue weighted by atomic mass is 31.2. The third kappa shape index (κ3) is 10.3. The molecule has 1 aromatic carbocycles. The Morgan fingerprint density at radius 3 is 2.43 bits per heavy atom. The lowest BCUT2D eigenvalue weighted by atomic mass is 9.95. The summed E-state index contributed by atoms with van der Waals surface area (Å²) in [5.41, 5.74) is 4.33. The first-order chi connectivity index (χ1) is 26.6. The van der Waals surface area contributed by atoms with Gasteiger partial charge in [0.2, 0.25) is 5.60 Å². The number of hydrogen-bond acceptors (Lipinski definition) is 15. The van der Waals surface area contributed by atoms with Gasteiger partial charge in [-0.05, 0) is 63.0 Å². The molecule has 56 heavy (non-hydrogen) atoms. The van der Waals surface area contributed by atoms with Crippen molar-refractivity contribution < 1.29 is 60.1 Å². The van der Waals surface area contributed by atoms with Gasteiger partial charge in [-0.25, -0.2) is 14.1 Å². The fraction of sp³-hybridized carbons (Fsp3) is 0.543. The number of nitrogens with one attached hydrogen (secondary N) is 1. The summed E-state index contributed by atoms with van der Waals surface area (Å²) < 4.78 is 89.2. The maximum atomic E-state index is 14.5. The minimum atomic E-state index is -4.68. The van der Waals surface area contributed by atoms with Gasteiger partial charge in [-0.15, -0.1) is 0 Å². The first kappa shape index (κ1) is 42.3. The Kier molecular flexibility index (Phi) is 13.6. The van der Waals surface area contributed by atoms with E-state index in [4.69, 9.17) is 33.7 Å². The first-order valence-corrected chi connectivity index (χ1v) is 19.4. The lowest BCUT2D eigenvalue weighted by Gasteiger charge is -2.32. The van der Waals surface area contributed by atoms with Crippen LogP contribution in [-0.4, -0.2) is 100 Å². The van der Waals surface area contributed by atoms with E-state index in [1.54, 1.807) is 30.3 Å². The van der Waals surface area contributed by atoms with Crippen LogP contribution in [0, 0.1) is 17.2 Å². The predicted molar refractivity (Wildman–Crippen MR) is 189 cm³/mol. The van der Waals surface area contributed by atoms with Gasteiger partial charge in [-0.1, -0.05) is 32.0 Å². The summed E-state index contributed by atoms with van der Waals surface area (Å²) in [6, 6.07) is 11.5. The average molecular weight is 810 g/mol. The Balaban J connectivity index is 1.39. The second-order valence-electron chi connectivity index (χ2n) is 13.3. The van der Waals surface area contributed by atoms with Crippen molar-refractivity contribution in [3.63, 3.8) is 0 Å². The highest BCUT2D eigenvalue weighted by Gasteiger charge is 2.62. The molecule has 1 unspecified atom stereocenters. The van der Waals surface area contributed by atoms with Crippen molar-refractivity contribution in [2.45, 2.75) is 82.6 Å². The van der Waals surface area contributed by atoms with Crippen LogP contribution in [0.1, 0.15) is 58.3 Å². The van der Waals surface area contributed by atoms with E-state index in [2.05, 4.69) is 15.2 Å². The van der Waals surface area contributed by atoms with Gasteiger partial charge in [0.25, 0.3) is 0 Å². The van der Waals surface area contributed by atoms with Crippen molar-refractivity contribution in [3.8, 4) is 11.8 Å². The summed E-state index contributed by atoms with van der Waals surface area (Å²) in [4.78, 5) is 44.0. The van der Waals surface area contributed by atoms with Crippen LogP contribution in [0.4, 0.5) is 19.0 Å². The van der Waals surface area contributed by atoms with Crippen LogP contribution in [-0.2, 0) is 42.4 Å². The number of nitrogens with two attached hydrogens (primary N) is 1. The van der Waals surface area contributed by atoms with E-state index in [1.165, 1.54) is 48.6 Å². The number of carbonyl (C=O) groups excluding carboxylic acids is 3. The van der Waals surface area contributed by atoms with Gasteiger partial charge >= 0.3 is 31.8 Å². The van der Waals surface area contributed by atoms with Gasteiger partial charge in [-0.3, -0.25) is 23.8 Å². The normalized spacial score (nSPS) is 23.5. The average Bonchev–Trinajstić information content (AvgIpc) is 3.73. The quantitative estimate of drug-likeness (QED) is 0.117. The third-order valence-electron chi connectivity index (χ3n) is 9.18. The molecule has 2 aliphatic rings. The fourth-order valence-corrected chi connectivity index (χ4v) is 7.78. The maximum Gasteiger partial charge on any atom is 0.459 e. The Labute approximate surface area is 320 Å². The number of rotatable bonds is 16. The SMILES string of the molecule is CCC(=O)O[C@H]1[C@H](c2ccc3c(N)ncnn23)O[C@](C#N)(COP(=O)(N[C@@H](C)C(=O)OCC2CCN(CC(F)(F)F)CC2)Oc2ccccc2)[C@H]1OC(=O)CC. The number of nitrogen functional groups attached to an aromatic ring is 1. The molecular weight excluding hydrogens is 766 g/mol. The summed E-state index contributed by atoms with van der Waals surface area (Å²) in [5.74, 6) is -2.40. The molecule has 4 heterocycles. The smallest absolute Gasteiger partial charge is 0.459 e. The molecule has 0 saturated carbocycles. The van der Waals surface area contributed by atoms with Crippen LogP contribution in [0.25, 0.3) is 5.52 Å². The van der Waals surface area contributed by atoms with Crippen LogP contribution in [0.2, 0.25) is 0 Å². The van der Waals surface area contributed by atoms with Crippen LogP contribution in [0.5, 0.6) is 5.75 Å². The Morgan fingerprint density at radius 1 is 1.11 bits per heavy atom. The van der Waals surface area contributed by atoms with Gasteiger partial charge in [0.05, 0.1) is 18.8 Å². The number of hydrogen-bond donors (Lipinski definition) is 2. The summed E-state index contributed by atoms with van der Waals surface area (Å²) >= 11 is 0. The molecule has 5 rings (SSSR count). The molecule has 3 N–H and O–H groups in total. The number of piperidine rings is 1. The van der Waals surface area contributed by atoms with Gasteiger partial charge in [0, 0.05) is 12.8 Å². The summed E-state index contributed by atoms with van der Waals surface area (Å²) in [5, 5.41) is 17.5. The largest absolute Gasteiger partial charge is 0.464 e. The van der Waals surface area contributed by atoms with Crippen LogP contribution in [0.15, 0.2) is 48.8 Å². The number of fused-ring (bicyclic) bond motifs is 1. The third-order valence-corrected chi connectivity index (χ3v) is 10.8. The molecule has 0 spiro atoms. The molecule has 0 aliphatic carbocycles. The zero-order valence-electron chi connectivity index (χ0n) is 30.8. The highest BCUT2D eigenvalue weighted by Crippen LogP contribution is 2.50. The molecule has 0 bridgehead atoms. The van der Waals surface area contributed by atoms with Gasteiger partial charge < -0.3 is 29.2 Å². The number of benzene rings is 1. The van der Waals surface area contributed by atoms with E-state index in [0.29, 0.717) is 18.4 Å². The lowest BCUT2D eigenvalue weighted by Crippen LogP contribution is -2.49. The van der Waals surface area contributed by atoms with Crippen molar-refractivity contribution in [1.82, 2.24) is 24.6 Å². The van der Waals surface area contributed by atoms with E-state index < -0.39 is 74.9 Å². The van der Waals surface area contributed by atoms with E-state index in [9.17, 15) is 37.4 Å². The van der Waals surface area contributed by atoms with Crippen molar-refractivity contribution in [3.05, 3.63) is 54.5 Å². The van der Waals surface area contributed by atoms with Crippen LogP contribution < -0.4 is 15.3 Å². The van der Waals surface area contributed by atoms with E-state index in [0.717, 1.165) is 0 Å². The maximum absolute atomic E-state index is 14.5. The van der Waals surface area contributed by atoms with E-state index in [-0.39, 0.29) is 55.7 Å². The number of esters is 3. The number of nitrogens with zero attached hydrogens (tertiary/aromatic N) is 5. The highest BCUT2D eigenvalue weighted by molar-refractivity contribution is 7.52. The number of anilines is 1. The lowest BCUT2D eigenvalue weighted by molar-refractivity contribution is -0.169. The molecule has 21 heteroatoms. The minimum absolute atomic E-state index is 0.0476. The molecule has 6 atom stereocenters. The zero-order chi connectivity index (χ0) is 40.7. The molecule has 0 amide bonds. The van der Waals surface area contributed by atoms with Crippen molar-refractivity contribution in [2.75, 3.05) is 38.6 Å². The summed E-state index contributed by atoms with van der Waals surface area (Å²) in [6.07, 6.45) is -7.05. The predicted octanol–water partition coefficient (Wildman–Crippen LogP) is 4.29. The number of nitriles is 1. The van der Waals surface area contributed by atoms with Crippen molar-refractivity contribution in [2.24, 2.45) is 5.92 Å². The molecule has 2 saturated heterocycles. The monoisotopic (exact) mass is 809 g/mol. The van der Waals surface area contributed by atoms with Gasteiger partial charge in [-0.2, -0.15) is 28.6 Å². The molecule has 0 radical (unpaired) electrons. The summed E-state index contributed by atoms with van der Waals surface area (Å²) in [6.45, 7) is 2.72. The molecule has 2 aromatic heterocycles. The second-order valence-corrected chi connectivity index (χ2v) is 15.0. The second kappa shape index (κ2) is 18.0. The fourth-order valence-electron chi connectivity index (χ4n) is 6.26. The number of likely N-dealkylation sites (tertiary alicyclic amines) is 1. The summed E-state index contributed by atoms with van der Waals surface area (Å²) in [7, 11) is -4.68. The van der Waals surface area contributed by atoms with E-state index >= 15 is 0 Å². The van der Waals surface area contributed by atoms with Crippen molar-refractivity contribution in [1.29, 1.82) is 5.26 Å².